The number of rotatable bonds is 3. The molecule has 0 heterocycles. The van der Waals surface area contributed by atoms with Crippen LogP contribution in [0, 0.1) is 17.3 Å². The van der Waals surface area contributed by atoms with Crippen molar-refractivity contribution in [3.05, 3.63) is 0 Å². The van der Waals surface area contributed by atoms with Crippen molar-refractivity contribution in [1.82, 2.24) is 0 Å². The van der Waals surface area contributed by atoms with E-state index in [1.807, 2.05) is 0 Å². The van der Waals surface area contributed by atoms with Crippen molar-refractivity contribution in [3.8, 4) is 0 Å². The first-order valence-corrected chi connectivity index (χ1v) is 3.73. The summed E-state index contributed by atoms with van der Waals surface area (Å²) < 4.78 is 15.8. The van der Waals surface area contributed by atoms with E-state index in [0.29, 0.717) is 0 Å². The standard InChI is InChI=1S/C8H11FO3/c1-8(2)5(3-10)6(8)7(11)12-4-9/h3,5-6H,4H2,1-2H3. The molecule has 12 heavy (non-hydrogen) atoms. The van der Waals surface area contributed by atoms with E-state index in [1.54, 1.807) is 13.8 Å². The van der Waals surface area contributed by atoms with Gasteiger partial charge in [-0.2, -0.15) is 0 Å². The summed E-state index contributed by atoms with van der Waals surface area (Å²) in [6, 6.07) is 0. The zero-order valence-corrected chi connectivity index (χ0v) is 7.04. The van der Waals surface area contributed by atoms with Crippen LogP contribution in [0.1, 0.15) is 13.8 Å². The molecule has 1 aliphatic rings. The topological polar surface area (TPSA) is 43.4 Å². The summed E-state index contributed by atoms with van der Waals surface area (Å²) >= 11 is 0. The van der Waals surface area contributed by atoms with E-state index in [1.165, 1.54) is 0 Å². The molecule has 1 aliphatic carbocycles. The Balaban J connectivity index is 2.57. The normalized spacial score (nSPS) is 30.9. The van der Waals surface area contributed by atoms with Crippen molar-refractivity contribution in [2.75, 3.05) is 6.86 Å². The van der Waals surface area contributed by atoms with Gasteiger partial charge in [0.25, 0.3) is 0 Å². The van der Waals surface area contributed by atoms with Gasteiger partial charge in [0.2, 0.25) is 6.86 Å². The lowest BCUT2D eigenvalue weighted by Gasteiger charge is -2.00. The SMILES string of the molecule is CC1(C)C(C=O)C1C(=O)OCF. The molecule has 0 saturated heterocycles. The lowest BCUT2D eigenvalue weighted by Crippen LogP contribution is -2.09. The Labute approximate surface area is 69.9 Å². The molecule has 0 aromatic rings. The molecular formula is C8H11FO3. The monoisotopic (exact) mass is 174 g/mol. The highest BCUT2D eigenvalue weighted by Gasteiger charge is 2.62. The molecule has 2 atom stereocenters. The molecule has 3 nitrogen and oxygen atoms in total. The van der Waals surface area contributed by atoms with E-state index in [-0.39, 0.29) is 11.3 Å². The molecule has 0 N–H and O–H groups in total. The number of hydrogen-bond donors (Lipinski definition) is 0. The van der Waals surface area contributed by atoms with Gasteiger partial charge in [0.15, 0.2) is 0 Å². The first kappa shape index (κ1) is 9.16. The average Bonchev–Trinajstić information content (AvgIpc) is 2.53. The fourth-order valence-corrected chi connectivity index (χ4v) is 1.53. The fraction of sp³-hybridized carbons (Fsp3) is 0.750. The first-order valence-electron chi connectivity index (χ1n) is 3.73. The molecule has 2 unspecified atom stereocenters. The minimum atomic E-state index is -1.11. The number of carbonyl (C=O) groups is 2. The second kappa shape index (κ2) is 2.84. The van der Waals surface area contributed by atoms with Gasteiger partial charge in [0.05, 0.1) is 5.92 Å². The third-order valence-electron chi connectivity index (χ3n) is 2.51. The third kappa shape index (κ3) is 1.21. The third-order valence-corrected chi connectivity index (χ3v) is 2.51. The van der Waals surface area contributed by atoms with Crippen molar-refractivity contribution in [3.63, 3.8) is 0 Å². The summed E-state index contributed by atoms with van der Waals surface area (Å²) in [6.45, 7) is 2.46. The quantitative estimate of drug-likeness (QED) is 0.472. The highest BCUT2D eigenvalue weighted by molar-refractivity contribution is 5.84. The number of carbonyl (C=O) groups excluding carboxylic acids is 2. The smallest absolute Gasteiger partial charge is 0.312 e. The van der Waals surface area contributed by atoms with Gasteiger partial charge in [-0.15, -0.1) is 0 Å². The van der Waals surface area contributed by atoms with Crippen LogP contribution in [-0.4, -0.2) is 19.1 Å². The number of halogens is 1. The molecule has 0 amide bonds. The van der Waals surface area contributed by atoms with E-state index in [2.05, 4.69) is 4.74 Å². The highest BCUT2D eigenvalue weighted by atomic mass is 19.1. The second-order valence-electron chi connectivity index (χ2n) is 3.53. The number of ether oxygens (including phenoxy) is 1. The van der Waals surface area contributed by atoms with E-state index >= 15 is 0 Å². The molecule has 0 spiro atoms. The molecule has 4 heteroatoms. The van der Waals surface area contributed by atoms with Gasteiger partial charge >= 0.3 is 5.97 Å². The summed E-state index contributed by atoms with van der Waals surface area (Å²) in [7, 11) is 0. The van der Waals surface area contributed by atoms with Crippen LogP contribution in [0.2, 0.25) is 0 Å². The molecule has 0 aliphatic heterocycles. The van der Waals surface area contributed by atoms with Crippen LogP contribution in [0.4, 0.5) is 4.39 Å². The van der Waals surface area contributed by atoms with Crippen molar-refractivity contribution in [2.45, 2.75) is 13.8 Å². The Hall–Kier alpha value is -0.930. The summed E-state index contributed by atoms with van der Waals surface area (Å²) in [4.78, 5) is 21.4. The molecule has 68 valence electrons. The summed E-state index contributed by atoms with van der Waals surface area (Å²) in [6.07, 6.45) is 0.726. The summed E-state index contributed by atoms with van der Waals surface area (Å²) in [5, 5.41) is 0. The maximum absolute atomic E-state index is 11.6. The number of alkyl halides is 1. The van der Waals surface area contributed by atoms with Crippen molar-refractivity contribution < 1.29 is 18.7 Å². The van der Waals surface area contributed by atoms with Crippen LogP contribution in [0.15, 0.2) is 0 Å². The number of esters is 1. The van der Waals surface area contributed by atoms with Gasteiger partial charge in [-0.3, -0.25) is 4.79 Å². The van der Waals surface area contributed by atoms with Crippen molar-refractivity contribution >= 4 is 12.3 Å². The van der Waals surface area contributed by atoms with Gasteiger partial charge in [-0.25, -0.2) is 4.39 Å². The molecule has 0 radical (unpaired) electrons. The van der Waals surface area contributed by atoms with Crippen LogP contribution < -0.4 is 0 Å². The lowest BCUT2D eigenvalue weighted by atomic mass is 10.1. The summed E-state index contributed by atoms with van der Waals surface area (Å²) in [5.41, 5.74) is -0.353. The lowest BCUT2D eigenvalue weighted by molar-refractivity contribution is -0.150. The fourth-order valence-electron chi connectivity index (χ4n) is 1.53. The van der Waals surface area contributed by atoms with Crippen LogP contribution in [0.3, 0.4) is 0 Å². The Morgan fingerprint density at radius 3 is 2.58 bits per heavy atom. The van der Waals surface area contributed by atoms with Crippen LogP contribution in [-0.2, 0) is 14.3 Å². The van der Waals surface area contributed by atoms with E-state index in [4.69, 9.17) is 0 Å². The van der Waals surface area contributed by atoms with E-state index in [9.17, 15) is 14.0 Å². The number of aldehydes is 1. The molecule has 1 rings (SSSR count). The van der Waals surface area contributed by atoms with Crippen LogP contribution >= 0.6 is 0 Å². The minimum Gasteiger partial charge on any atom is -0.433 e. The zero-order valence-electron chi connectivity index (χ0n) is 7.04. The van der Waals surface area contributed by atoms with Crippen LogP contribution in [0.25, 0.3) is 0 Å². The maximum atomic E-state index is 11.6. The Morgan fingerprint density at radius 1 is 1.67 bits per heavy atom. The predicted octanol–water partition coefficient (Wildman–Crippen LogP) is 0.928. The van der Waals surface area contributed by atoms with Crippen LogP contribution in [0.5, 0.6) is 0 Å². The molecule has 0 bridgehead atoms. The molecular weight excluding hydrogens is 163 g/mol. The second-order valence-corrected chi connectivity index (χ2v) is 3.53. The van der Waals surface area contributed by atoms with Gasteiger partial charge in [-0.1, -0.05) is 13.8 Å². The predicted molar refractivity (Wildman–Crippen MR) is 38.9 cm³/mol. The Morgan fingerprint density at radius 2 is 2.25 bits per heavy atom. The van der Waals surface area contributed by atoms with Crippen molar-refractivity contribution in [2.24, 2.45) is 17.3 Å². The molecule has 1 fully saturated rings. The zero-order chi connectivity index (χ0) is 9.35. The summed E-state index contributed by atoms with van der Waals surface area (Å²) in [5.74, 6) is -1.37. The number of hydrogen-bond acceptors (Lipinski definition) is 3. The van der Waals surface area contributed by atoms with Gasteiger partial charge < -0.3 is 9.53 Å². The molecule has 1 saturated carbocycles. The first-order chi connectivity index (χ1) is 5.55. The maximum Gasteiger partial charge on any atom is 0.312 e. The largest absolute Gasteiger partial charge is 0.433 e. The van der Waals surface area contributed by atoms with Gasteiger partial charge in [-0.05, 0) is 5.41 Å². The van der Waals surface area contributed by atoms with Gasteiger partial charge in [0, 0.05) is 5.92 Å². The Kier molecular flexibility index (Phi) is 2.17. The molecule has 0 aromatic carbocycles. The highest BCUT2D eigenvalue weighted by Crippen LogP contribution is 2.57. The average molecular weight is 174 g/mol. The Bertz CT molecular complexity index is 212. The van der Waals surface area contributed by atoms with E-state index < -0.39 is 18.7 Å². The van der Waals surface area contributed by atoms with Gasteiger partial charge in [0.1, 0.15) is 6.29 Å². The minimum absolute atomic E-state index is 0.309. The molecule has 0 aromatic heterocycles. The van der Waals surface area contributed by atoms with Crippen molar-refractivity contribution in [1.29, 1.82) is 0 Å². The van der Waals surface area contributed by atoms with E-state index in [0.717, 1.165) is 6.29 Å².